The van der Waals surface area contributed by atoms with Gasteiger partial charge in [0.15, 0.2) is 5.05 Å². The van der Waals surface area contributed by atoms with Crippen molar-refractivity contribution in [3.8, 4) is 0 Å². The van der Waals surface area contributed by atoms with E-state index < -0.39 is 0 Å². The molecule has 0 spiro atoms. The van der Waals surface area contributed by atoms with Gasteiger partial charge in [0.1, 0.15) is 12.7 Å². The lowest BCUT2D eigenvalue weighted by molar-refractivity contribution is 0.250. The molecule has 3 nitrogen and oxygen atoms in total. The highest BCUT2D eigenvalue weighted by molar-refractivity contribution is 7.80. The van der Waals surface area contributed by atoms with Crippen LogP contribution in [0.5, 0.6) is 0 Å². The van der Waals surface area contributed by atoms with E-state index in [2.05, 4.69) is 0 Å². The molecule has 0 aliphatic carbocycles. The number of rotatable bonds is 4. The van der Waals surface area contributed by atoms with Crippen LogP contribution in [0.3, 0.4) is 0 Å². The molecular weight excluding hydrogens is 164 g/mol. The molecule has 0 N–H and O–H groups in total. The van der Waals surface area contributed by atoms with E-state index in [0.29, 0.717) is 23.9 Å². The zero-order valence-electron chi connectivity index (χ0n) is 6.12. The predicted molar refractivity (Wildman–Crippen MR) is 42.6 cm³/mol. The second kappa shape index (κ2) is 3.05. The van der Waals surface area contributed by atoms with Crippen LogP contribution in [0.15, 0.2) is 0 Å². The van der Waals surface area contributed by atoms with E-state index in [0.717, 1.165) is 19.6 Å². The number of thiocarbonyl (C=S) groups is 1. The monoisotopic (exact) mass is 174 g/mol. The van der Waals surface area contributed by atoms with Crippen molar-refractivity contribution < 1.29 is 14.2 Å². The highest BCUT2D eigenvalue weighted by atomic mass is 32.1. The molecule has 2 fully saturated rings. The van der Waals surface area contributed by atoms with Crippen LogP contribution in [-0.2, 0) is 14.2 Å². The molecular formula is C7H10O3S. The average molecular weight is 174 g/mol. The van der Waals surface area contributed by atoms with Crippen LogP contribution in [-0.4, -0.2) is 37.1 Å². The lowest BCUT2D eigenvalue weighted by Crippen LogP contribution is -2.09. The first-order chi connectivity index (χ1) is 5.34. The molecule has 2 aliphatic rings. The molecule has 11 heavy (non-hydrogen) atoms. The number of hydrogen-bond acceptors (Lipinski definition) is 4. The molecule has 0 amide bonds. The van der Waals surface area contributed by atoms with Crippen LogP contribution in [0.1, 0.15) is 6.42 Å². The topological polar surface area (TPSA) is 34.3 Å². The summed E-state index contributed by atoms with van der Waals surface area (Å²) in [7, 11) is 0. The summed E-state index contributed by atoms with van der Waals surface area (Å²) < 4.78 is 15.2. The van der Waals surface area contributed by atoms with Crippen molar-refractivity contribution >= 4 is 17.3 Å². The largest absolute Gasteiger partial charge is 0.484 e. The summed E-state index contributed by atoms with van der Waals surface area (Å²) in [5, 5.41) is 0.656. The van der Waals surface area contributed by atoms with Crippen molar-refractivity contribution in [2.45, 2.75) is 18.6 Å². The highest BCUT2D eigenvalue weighted by Gasteiger charge is 2.27. The van der Waals surface area contributed by atoms with Crippen LogP contribution in [0, 0.1) is 0 Å². The normalized spacial score (nSPS) is 33.1. The molecule has 0 bridgehead atoms. The number of epoxide rings is 2. The fourth-order valence-electron chi connectivity index (χ4n) is 0.781. The van der Waals surface area contributed by atoms with Crippen molar-refractivity contribution in [2.75, 3.05) is 19.8 Å². The van der Waals surface area contributed by atoms with Crippen molar-refractivity contribution in [3.05, 3.63) is 0 Å². The van der Waals surface area contributed by atoms with Gasteiger partial charge in [-0.25, -0.2) is 0 Å². The maximum absolute atomic E-state index is 5.24. The third-order valence-corrected chi connectivity index (χ3v) is 1.91. The van der Waals surface area contributed by atoms with E-state index >= 15 is 0 Å². The van der Waals surface area contributed by atoms with Crippen molar-refractivity contribution in [3.63, 3.8) is 0 Å². The molecule has 2 rings (SSSR count). The van der Waals surface area contributed by atoms with Gasteiger partial charge in [0.25, 0.3) is 0 Å². The van der Waals surface area contributed by atoms with Gasteiger partial charge in [-0.3, -0.25) is 0 Å². The Bertz CT molecular complexity index is 163. The Balaban J connectivity index is 1.56. The van der Waals surface area contributed by atoms with Crippen molar-refractivity contribution in [1.82, 2.24) is 0 Å². The third-order valence-electron chi connectivity index (χ3n) is 1.63. The second-order valence-electron chi connectivity index (χ2n) is 2.80. The second-order valence-corrected chi connectivity index (χ2v) is 3.25. The van der Waals surface area contributed by atoms with Gasteiger partial charge in [-0.1, -0.05) is 0 Å². The molecule has 0 aromatic rings. The Morgan fingerprint density at radius 2 is 2.00 bits per heavy atom. The summed E-state index contributed by atoms with van der Waals surface area (Å²) >= 11 is 4.96. The van der Waals surface area contributed by atoms with Gasteiger partial charge in [0.05, 0.1) is 19.3 Å². The van der Waals surface area contributed by atoms with Crippen LogP contribution in [0.25, 0.3) is 0 Å². The molecule has 0 aromatic carbocycles. The molecule has 0 saturated carbocycles. The van der Waals surface area contributed by atoms with Gasteiger partial charge in [0, 0.05) is 6.42 Å². The molecule has 0 aromatic heterocycles. The SMILES string of the molecule is S=C(CC1CO1)OCC1CO1. The van der Waals surface area contributed by atoms with E-state index in [1.807, 2.05) is 0 Å². The van der Waals surface area contributed by atoms with Crippen LogP contribution >= 0.6 is 12.2 Å². The molecule has 2 saturated heterocycles. The van der Waals surface area contributed by atoms with E-state index in [1.54, 1.807) is 0 Å². The summed E-state index contributed by atoms with van der Waals surface area (Å²) in [6, 6.07) is 0. The Morgan fingerprint density at radius 1 is 1.36 bits per heavy atom. The fourth-order valence-corrected chi connectivity index (χ4v) is 1.03. The van der Waals surface area contributed by atoms with Gasteiger partial charge >= 0.3 is 0 Å². The van der Waals surface area contributed by atoms with Crippen LogP contribution in [0.4, 0.5) is 0 Å². The fraction of sp³-hybridized carbons (Fsp3) is 0.857. The molecule has 2 heterocycles. The summed E-state index contributed by atoms with van der Waals surface area (Å²) in [6.07, 6.45) is 1.40. The van der Waals surface area contributed by atoms with Gasteiger partial charge in [0.2, 0.25) is 0 Å². The standard InChI is InChI=1S/C7H10O3S/c11-7(1-5-2-8-5)10-4-6-3-9-6/h5-6H,1-4H2. The first-order valence-electron chi connectivity index (χ1n) is 3.73. The lowest BCUT2D eigenvalue weighted by Gasteiger charge is -2.02. The molecule has 0 radical (unpaired) electrons. The van der Waals surface area contributed by atoms with Gasteiger partial charge in [-0.15, -0.1) is 0 Å². The Hall–Kier alpha value is -0.190. The van der Waals surface area contributed by atoms with Gasteiger partial charge in [-0.05, 0) is 12.2 Å². The summed E-state index contributed by atoms with van der Waals surface area (Å²) in [4.78, 5) is 0. The minimum absolute atomic E-state index is 0.299. The maximum Gasteiger partial charge on any atom is 0.162 e. The van der Waals surface area contributed by atoms with Crippen molar-refractivity contribution in [1.29, 1.82) is 0 Å². The Labute approximate surface area is 70.6 Å². The minimum atomic E-state index is 0.299. The minimum Gasteiger partial charge on any atom is -0.484 e. The summed E-state index contributed by atoms with van der Waals surface area (Å²) in [6.45, 7) is 2.28. The molecule has 2 atom stereocenters. The molecule has 2 aliphatic heterocycles. The van der Waals surface area contributed by atoms with Crippen LogP contribution in [0.2, 0.25) is 0 Å². The third kappa shape index (κ3) is 2.73. The maximum atomic E-state index is 5.24. The van der Waals surface area contributed by atoms with E-state index in [9.17, 15) is 0 Å². The molecule has 62 valence electrons. The van der Waals surface area contributed by atoms with E-state index in [1.165, 1.54) is 0 Å². The van der Waals surface area contributed by atoms with Crippen LogP contribution < -0.4 is 0 Å². The number of ether oxygens (including phenoxy) is 3. The summed E-state index contributed by atoms with van der Waals surface area (Å²) in [5.74, 6) is 0. The molecule has 4 heteroatoms. The predicted octanol–water partition coefficient (Wildman–Crippen LogP) is 0.518. The first kappa shape index (κ1) is 7.46. The van der Waals surface area contributed by atoms with Gasteiger partial charge < -0.3 is 14.2 Å². The van der Waals surface area contributed by atoms with E-state index in [-0.39, 0.29) is 0 Å². The van der Waals surface area contributed by atoms with Gasteiger partial charge in [-0.2, -0.15) is 0 Å². The van der Waals surface area contributed by atoms with Crippen molar-refractivity contribution in [2.24, 2.45) is 0 Å². The zero-order valence-corrected chi connectivity index (χ0v) is 6.93. The number of hydrogen-bond donors (Lipinski definition) is 0. The lowest BCUT2D eigenvalue weighted by atomic mass is 10.3. The zero-order chi connectivity index (χ0) is 7.68. The average Bonchev–Trinajstić information content (AvgIpc) is 2.80. The highest BCUT2D eigenvalue weighted by Crippen LogP contribution is 2.16. The Morgan fingerprint density at radius 3 is 2.55 bits per heavy atom. The Kier molecular flexibility index (Phi) is 2.07. The smallest absolute Gasteiger partial charge is 0.162 e. The summed E-state index contributed by atoms with van der Waals surface area (Å²) in [5.41, 5.74) is 0. The van der Waals surface area contributed by atoms with E-state index in [4.69, 9.17) is 26.4 Å². The quantitative estimate of drug-likeness (QED) is 0.459. The first-order valence-corrected chi connectivity index (χ1v) is 4.14. The molecule has 2 unspecified atom stereocenters.